The molecule has 1 aliphatic heterocycles. The lowest BCUT2D eigenvalue weighted by Gasteiger charge is -2.22. The summed E-state index contributed by atoms with van der Waals surface area (Å²) >= 11 is 0. The van der Waals surface area contributed by atoms with Crippen LogP contribution in [-0.4, -0.2) is 39.4 Å². The minimum absolute atomic E-state index is 0.0763. The fourth-order valence-electron chi connectivity index (χ4n) is 2.62. The lowest BCUT2D eigenvalue weighted by atomic mass is 10.1. The van der Waals surface area contributed by atoms with E-state index in [-0.39, 0.29) is 35.5 Å². The number of benzene rings is 1. The molecule has 2 amide bonds. The number of hydrogen-bond donors (Lipinski definition) is 1. The molecule has 1 atom stereocenters. The Morgan fingerprint density at radius 3 is 2.52 bits per heavy atom. The minimum atomic E-state index is -1.00. The molecule has 1 N–H and O–H groups in total. The number of amides is 2. The van der Waals surface area contributed by atoms with Crippen LogP contribution in [0.25, 0.3) is 0 Å². The maximum atomic E-state index is 12.4. The summed E-state index contributed by atoms with van der Waals surface area (Å²) in [5, 5.41) is 9.75. The van der Waals surface area contributed by atoms with Gasteiger partial charge in [-0.05, 0) is 30.7 Å². The first-order chi connectivity index (χ1) is 10.0. The van der Waals surface area contributed by atoms with Crippen LogP contribution in [0.15, 0.2) is 30.4 Å². The first kappa shape index (κ1) is 13.2. The Morgan fingerprint density at radius 1 is 1.05 bits per heavy atom. The smallest absolute Gasteiger partial charge is 0.266 e. The zero-order chi connectivity index (χ0) is 15.1. The van der Waals surface area contributed by atoms with Crippen LogP contribution >= 0.6 is 0 Å². The number of carbonyl (C=O) groups excluding carboxylic acids is 4. The second kappa shape index (κ2) is 4.66. The molecule has 1 aliphatic carbocycles. The van der Waals surface area contributed by atoms with Gasteiger partial charge in [-0.15, -0.1) is 0 Å². The zero-order valence-electron chi connectivity index (χ0n) is 10.9. The molecule has 0 radical (unpaired) electrons. The van der Waals surface area contributed by atoms with Crippen LogP contribution < -0.4 is 0 Å². The Hall–Kier alpha value is -2.76. The molecule has 21 heavy (non-hydrogen) atoms. The molecule has 2 aliphatic rings. The van der Waals surface area contributed by atoms with E-state index >= 15 is 0 Å². The van der Waals surface area contributed by atoms with Crippen LogP contribution in [0.4, 0.5) is 0 Å². The van der Waals surface area contributed by atoms with Gasteiger partial charge in [-0.25, -0.2) is 0 Å². The predicted molar refractivity (Wildman–Crippen MR) is 70.8 cm³/mol. The van der Waals surface area contributed by atoms with E-state index < -0.39 is 23.6 Å². The number of phenolic OH excluding ortho intramolecular Hbond substituents is 1. The van der Waals surface area contributed by atoms with Crippen LogP contribution in [0.5, 0.6) is 5.75 Å². The Kier molecular flexibility index (Phi) is 2.94. The standard InChI is InChI=1S/C15H11NO5/c17-8-4-6-10(11(18)7-5-8)16-14(20)9-2-1-3-12(19)13(9)15(16)21/h1-3,5,7,10,19H,4,6H2. The molecule has 6 nitrogen and oxygen atoms in total. The van der Waals surface area contributed by atoms with Crippen LogP contribution in [0.2, 0.25) is 0 Å². The highest BCUT2D eigenvalue weighted by molar-refractivity contribution is 6.24. The molecule has 0 aromatic heterocycles. The SMILES string of the molecule is O=C1C=CC(=O)C(N2C(=O)c3cccc(O)c3C2=O)CC1. The number of carbonyl (C=O) groups is 4. The zero-order valence-corrected chi connectivity index (χ0v) is 10.9. The third-order valence-corrected chi connectivity index (χ3v) is 3.66. The summed E-state index contributed by atoms with van der Waals surface area (Å²) in [5.74, 6) is -2.29. The molecule has 1 heterocycles. The average molecular weight is 285 g/mol. The number of fused-ring (bicyclic) bond motifs is 1. The molecule has 0 saturated heterocycles. The van der Waals surface area contributed by atoms with Gasteiger partial charge in [0.25, 0.3) is 11.8 Å². The van der Waals surface area contributed by atoms with Crippen molar-refractivity contribution in [3.8, 4) is 5.75 Å². The molecule has 0 saturated carbocycles. The minimum Gasteiger partial charge on any atom is -0.507 e. The van der Waals surface area contributed by atoms with E-state index in [9.17, 15) is 24.3 Å². The molecule has 0 fully saturated rings. The normalized spacial score (nSPS) is 21.7. The summed E-state index contributed by atoms with van der Waals surface area (Å²) in [6.45, 7) is 0. The molecule has 1 aromatic rings. The van der Waals surface area contributed by atoms with Gasteiger partial charge >= 0.3 is 0 Å². The monoisotopic (exact) mass is 285 g/mol. The van der Waals surface area contributed by atoms with Crippen LogP contribution in [-0.2, 0) is 9.59 Å². The Morgan fingerprint density at radius 2 is 1.81 bits per heavy atom. The van der Waals surface area contributed by atoms with E-state index in [0.29, 0.717) is 0 Å². The van der Waals surface area contributed by atoms with E-state index in [0.717, 1.165) is 17.1 Å². The van der Waals surface area contributed by atoms with Crippen molar-refractivity contribution < 1.29 is 24.3 Å². The van der Waals surface area contributed by atoms with E-state index in [1.54, 1.807) is 0 Å². The van der Waals surface area contributed by atoms with E-state index in [1.165, 1.54) is 18.2 Å². The van der Waals surface area contributed by atoms with Crippen molar-refractivity contribution in [3.63, 3.8) is 0 Å². The van der Waals surface area contributed by atoms with Crippen molar-refractivity contribution in [2.24, 2.45) is 0 Å². The van der Waals surface area contributed by atoms with Crippen molar-refractivity contribution >= 4 is 23.4 Å². The predicted octanol–water partition coefficient (Wildman–Crippen LogP) is 0.845. The van der Waals surface area contributed by atoms with Gasteiger partial charge in [0.15, 0.2) is 11.6 Å². The van der Waals surface area contributed by atoms with E-state index in [4.69, 9.17) is 0 Å². The summed E-state index contributed by atoms with van der Waals surface area (Å²) in [6.07, 6.45) is 2.45. The number of hydrogen-bond acceptors (Lipinski definition) is 5. The Bertz CT molecular complexity index is 719. The summed E-state index contributed by atoms with van der Waals surface area (Å²) in [6, 6.07) is 3.20. The molecular weight excluding hydrogens is 274 g/mol. The molecule has 1 aromatic carbocycles. The number of aromatic hydroxyl groups is 1. The van der Waals surface area contributed by atoms with Crippen LogP contribution in [0.3, 0.4) is 0 Å². The highest BCUT2D eigenvalue weighted by Gasteiger charge is 2.43. The number of nitrogens with zero attached hydrogens (tertiary/aromatic N) is 1. The van der Waals surface area contributed by atoms with E-state index in [2.05, 4.69) is 0 Å². The molecule has 0 spiro atoms. The lowest BCUT2D eigenvalue weighted by molar-refractivity contribution is -0.118. The molecule has 3 rings (SSSR count). The first-order valence-electron chi connectivity index (χ1n) is 6.45. The topological polar surface area (TPSA) is 91.8 Å². The fraction of sp³-hybridized carbons (Fsp3) is 0.200. The number of phenols is 1. The quantitative estimate of drug-likeness (QED) is 0.772. The number of ketones is 2. The lowest BCUT2D eigenvalue weighted by Crippen LogP contribution is -2.44. The van der Waals surface area contributed by atoms with Gasteiger partial charge < -0.3 is 5.11 Å². The van der Waals surface area contributed by atoms with Crippen molar-refractivity contribution in [2.75, 3.05) is 0 Å². The fourth-order valence-corrected chi connectivity index (χ4v) is 2.62. The van der Waals surface area contributed by atoms with Gasteiger partial charge in [0, 0.05) is 6.42 Å². The number of allylic oxidation sites excluding steroid dienone is 1. The number of imide groups is 1. The number of rotatable bonds is 1. The van der Waals surface area contributed by atoms with Gasteiger partial charge in [-0.2, -0.15) is 0 Å². The van der Waals surface area contributed by atoms with Gasteiger partial charge in [0.1, 0.15) is 11.8 Å². The molecular formula is C15H11NO5. The third-order valence-electron chi connectivity index (χ3n) is 3.66. The molecule has 106 valence electrons. The average Bonchev–Trinajstić information content (AvgIpc) is 2.60. The summed E-state index contributed by atoms with van der Waals surface area (Å²) in [7, 11) is 0. The van der Waals surface area contributed by atoms with Crippen molar-refractivity contribution in [3.05, 3.63) is 41.5 Å². The summed E-state index contributed by atoms with van der Waals surface area (Å²) in [5.41, 5.74) is -0.0118. The Labute approximate surface area is 119 Å². The molecule has 0 bridgehead atoms. The highest BCUT2D eigenvalue weighted by Crippen LogP contribution is 2.32. The Balaban J connectivity index is 2.02. The van der Waals surface area contributed by atoms with Gasteiger partial charge in [0.2, 0.25) is 0 Å². The second-order valence-electron chi connectivity index (χ2n) is 4.94. The largest absolute Gasteiger partial charge is 0.507 e. The third kappa shape index (κ3) is 1.96. The molecule has 6 heteroatoms. The molecule has 1 unspecified atom stereocenters. The van der Waals surface area contributed by atoms with Gasteiger partial charge in [-0.1, -0.05) is 6.07 Å². The van der Waals surface area contributed by atoms with Crippen molar-refractivity contribution in [1.82, 2.24) is 4.90 Å². The maximum absolute atomic E-state index is 12.4. The van der Waals surface area contributed by atoms with Crippen LogP contribution in [0.1, 0.15) is 33.6 Å². The highest BCUT2D eigenvalue weighted by atomic mass is 16.3. The van der Waals surface area contributed by atoms with Gasteiger partial charge in [0.05, 0.1) is 11.1 Å². The first-order valence-corrected chi connectivity index (χ1v) is 6.45. The maximum Gasteiger partial charge on any atom is 0.266 e. The van der Waals surface area contributed by atoms with Gasteiger partial charge in [-0.3, -0.25) is 24.1 Å². The summed E-state index contributed by atoms with van der Waals surface area (Å²) < 4.78 is 0. The second-order valence-corrected chi connectivity index (χ2v) is 4.94. The van der Waals surface area contributed by atoms with Crippen LogP contribution in [0, 0.1) is 0 Å². The van der Waals surface area contributed by atoms with Crippen molar-refractivity contribution in [2.45, 2.75) is 18.9 Å². The van der Waals surface area contributed by atoms with E-state index in [1.807, 2.05) is 0 Å². The summed E-state index contributed by atoms with van der Waals surface area (Å²) in [4.78, 5) is 48.9. The van der Waals surface area contributed by atoms with Crippen molar-refractivity contribution in [1.29, 1.82) is 0 Å².